The first-order valence-corrected chi connectivity index (χ1v) is 7.80. The summed E-state index contributed by atoms with van der Waals surface area (Å²) in [5.41, 5.74) is 0.478. The van der Waals surface area contributed by atoms with Crippen molar-refractivity contribution in [3.63, 3.8) is 0 Å². The standard InChI is InChI=1S/C19H21FN2O3/c1-4-11-21-19(23)13(2)22-14-9-10-16(15(20)12-14)25-18-8-6-5-7-17(18)24-3/h4-10,12-13,22H,1,11H2,2-3H3,(H,21,23). The average molecular weight is 344 g/mol. The van der Waals surface area contributed by atoms with Gasteiger partial charge in [-0.3, -0.25) is 4.79 Å². The molecule has 0 saturated carbocycles. The number of amides is 1. The molecule has 25 heavy (non-hydrogen) atoms. The molecule has 2 N–H and O–H groups in total. The Morgan fingerprint density at radius 1 is 1.24 bits per heavy atom. The number of hydrogen-bond acceptors (Lipinski definition) is 4. The molecule has 0 saturated heterocycles. The molecule has 0 bridgehead atoms. The highest BCUT2D eigenvalue weighted by molar-refractivity contribution is 5.84. The fraction of sp³-hybridized carbons (Fsp3) is 0.211. The molecule has 0 aromatic heterocycles. The number of rotatable bonds is 8. The normalized spacial score (nSPS) is 11.3. The minimum Gasteiger partial charge on any atom is -0.493 e. The van der Waals surface area contributed by atoms with Crippen molar-refractivity contribution in [2.45, 2.75) is 13.0 Å². The number of carbonyl (C=O) groups excluding carboxylic acids is 1. The Hall–Kier alpha value is -3.02. The Labute approximate surface area is 146 Å². The highest BCUT2D eigenvalue weighted by Gasteiger charge is 2.14. The van der Waals surface area contributed by atoms with Gasteiger partial charge in [0.25, 0.3) is 0 Å². The van der Waals surface area contributed by atoms with E-state index in [0.29, 0.717) is 23.7 Å². The van der Waals surface area contributed by atoms with Gasteiger partial charge < -0.3 is 20.1 Å². The molecule has 0 heterocycles. The van der Waals surface area contributed by atoms with Crippen LogP contribution >= 0.6 is 0 Å². The molecule has 132 valence electrons. The zero-order chi connectivity index (χ0) is 18.2. The number of para-hydroxylation sites is 2. The van der Waals surface area contributed by atoms with Crippen molar-refractivity contribution in [1.29, 1.82) is 0 Å². The number of hydrogen-bond donors (Lipinski definition) is 2. The molecule has 0 aliphatic carbocycles. The molecule has 6 heteroatoms. The van der Waals surface area contributed by atoms with Gasteiger partial charge in [-0.05, 0) is 31.2 Å². The van der Waals surface area contributed by atoms with E-state index in [1.807, 2.05) is 0 Å². The van der Waals surface area contributed by atoms with Crippen LogP contribution in [0.2, 0.25) is 0 Å². The second kappa shape index (κ2) is 8.73. The molecule has 1 atom stereocenters. The van der Waals surface area contributed by atoms with Crippen molar-refractivity contribution >= 4 is 11.6 Å². The van der Waals surface area contributed by atoms with Gasteiger partial charge in [-0.2, -0.15) is 0 Å². The van der Waals surface area contributed by atoms with Crippen LogP contribution in [0.3, 0.4) is 0 Å². The average Bonchev–Trinajstić information content (AvgIpc) is 2.62. The summed E-state index contributed by atoms with van der Waals surface area (Å²) in [7, 11) is 1.52. The third-order valence-electron chi connectivity index (χ3n) is 3.42. The van der Waals surface area contributed by atoms with E-state index in [1.54, 1.807) is 43.3 Å². The molecule has 0 radical (unpaired) electrons. The van der Waals surface area contributed by atoms with Gasteiger partial charge in [0.2, 0.25) is 5.91 Å². The molecule has 0 aliphatic heterocycles. The van der Waals surface area contributed by atoms with Crippen LogP contribution in [0.15, 0.2) is 55.1 Å². The van der Waals surface area contributed by atoms with Crippen LogP contribution in [0.25, 0.3) is 0 Å². The fourth-order valence-electron chi connectivity index (χ4n) is 2.14. The van der Waals surface area contributed by atoms with Crippen LogP contribution in [-0.2, 0) is 4.79 Å². The van der Waals surface area contributed by atoms with Gasteiger partial charge in [0.05, 0.1) is 7.11 Å². The maximum atomic E-state index is 14.3. The van der Waals surface area contributed by atoms with Gasteiger partial charge in [0.15, 0.2) is 23.1 Å². The highest BCUT2D eigenvalue weighted by Crippen LogP contribution is 2.33. The second-order valence-electron chi connectivity index (χ2n) is 5.30. The first-order valence-electron chi connectivity index (χ1n) is 7.80. The van der Waals surface area contributed by atoms with Crippen molar-refractivity contribution in [1.82, 2.24) is 5.32 Å². The first-order chi connectivity index (χ1) is 12.0. The summed E-state index contributed by atoms with van der Waals surface area (Å²) in [6, 6.07) is 10.9. The number of benzene rings is 2. The molecule has 0 aliphatic rings. The van der Waals surface area contributed by atoms with Crippen LogP contribution in [-0.4, -0.2) is 25.6 Å². The van der Waals surface area contributed by atoms with Crippen LogP contribution in [0.1, 0.15) is 6.92 Å². The monoisotopic (exact) mass is 344 g/mol. The zero-order valence-electron chi connectivity index (χ0n) is 14.2. The third kappa shape index (κ3) is 4.97. The highest BCUT2D eigenvalue weighted by atomic mass is 19.1. The molecular weight excluding hydrogens is 323 g/mol. The largest absolute Gasteiger partial charge is 0.493 e. The van der Waals surface area contributed by atoms with E-state index < -0.39 is 11.9 Å². The van der Waals surface area contributed by atoms with Crippen LogP contribution in [0.4, 0.5) is 10.1 Å². The van der Waals surface area contributed by atoms with E-state index in [1.165, 1.54) is 19.2 Å². The first kappa shape index (κ1) is 18.3. The summed E-state index contributed by atoms with van der Waals surface area (Å²) in [5, 5.41) is 5.61. The predicted octanol–water partition coefficient (Wildman–Crippen LogP) is 3.73. The SMILES string of the molecule is C=CCNC(=O)C(C)Nc1ccc(Oc2ccccc2OC)c(F)c1. The van der Waals surface area contributed by atoms with Crippen LogP contribution in [0.5, 0.6) is 17.2 Å². The summed E-state index contributed by atoms with van der Waals surface area (Å²) in [6.07, 6.45) is 1.59. The van der Waals surface area contributed by atoms with Crippen molar-refractivity contribution < 1.29 is 18.7 Å². The number of methoxy groups -OCH3 is 1. The molecule has 0 spiro atoms. The molecule has 5 nitrogen and oxygen atoms in total. The summed E-state index contributed by atoms with van der Waals surface area (Å²) in [6.45, 7) is 5.61. The van der Waals surface area contributed by atoms with E-state index in [-0.39, 0.29) is 11.7 Å². The van der Waals surface area contributed by atoms with Crippen LogP contribution in [0, 0.1) is 5.82 Å². The predicted molar refractivity (Wildman–Crippen MR) is 95.8 cm³/mol. The van der Waals surface area contributed by atoms with Crippen molar-refractivity contribution in [3.8, 4) is 17.2 Å². The lowest BCUT2D eigenvalue weighted by Crippen LogP contribution is -2.37. The molecule has 0 fully saturated rings. The number of nitrogens with one attached hydrogen (secondary N) is 2. The number of ether oxygens (including phenoxy) is 2. The summed E-state index contributed by atoms with van der Waals surface area (Å²) in [5.74, 6) is 0.251. The maximum Gasteiger partial charge on any atom is 0.242 e. The van der Waals surface area contributed by atoms with E-state index in [4.69, 9.17) is 9.47 Å². The number of carbonyl (C=O) groups is 1. The van der Waals surface area contributed by atoms with Crippen molar-refractivity contribution in [3.05, 3.63) is 60.9 Å². The zero-order valence-corrected chi connectivity index (χ0v) is 14.2. The van der Waals surface area contributed by atoms with E-state index >= 15 is 0 Å². The molecule has 2 aromatic carbocycles. The van der Waals surface area contributed by atoms with E-state index in [9.17, 15) is 9.18 Å². The van der Waals surface area contributed by atoms with Crippen LogP contribution < -0.4 is 20.1 Å². The Bertz CT molecular complexity index is 749. The third-order valence-corrected chi connectivity index (χ3v) is 3.42. The molecule has 1 amide bonds. The van der Waals surface area contributed by atoms with Gasteiger partial charge in [0, 0.05) is 18.3 Å². The van der Waals surface area contributed by atoms with Gasteiger partial charge in [-0.25, -0.2) is 4.39 Å². The van der Waals surface area contributed by atoms with Gasteiger partial charge in [-0.1, -0.05) is 18.2 Å². The molecular formula is C19H21FN2O3. The molecule has 2 rings (SSSR count). The summed E-state index contributed by atoms with van der Waals surface area (Å²) >= 11 is 0. The lowest BCUT2D eigenvalue weighted by atomic mass is 10.2. The Morgan fingerprint density at radius 3 is 2.60 bits per heavy atom. The van der Waals surface area contributed by atoms with Gasteiger partial charge in [0.1, 0.15) is 6.04 Å². The maximum absolute atomic E-state index is 14.3. The summed E-state index contributed by atoms with van der Waals surface area (Å²) < 4.78 is 25.1. The van der Waals surface area contributed by atoms with E-state index in [2.05, 4.69) is 17.2 Å². The number of anilines is 1. The topological polar surface area (TPSA) is 59.6 Å². The smallest absolute Gasteiger partial charge is 0.242 e. The fourth-order valence-corrected chi connectivity index (χ4v) is 2.14. The Balaban J connectivity index is 2.07. The van der Waals surface area contributed by atoms with Crippen molar-refractivity contribution in [2.24, 2.45) is 0 Å². The number of halogens is 1. The lowest BCUT2D eigenvalue weighted by molar-refractivity contribution is -0.121. The minimum absolute atomic E-state index is 0.0683. The van der Waals surface area contributed by atoms with Gasteiger partial charge >= 0.3 is 0 Å². The Kier molecular flexibility index (Phi) is 6.39. The molecule has 2 aromatic rings. The lowest BCUT2D eigenvalue weighted by Gasteiger charge is -2.16. The van der Waals surface area contributed by atoms with Crippen molar-refractivity contribution in [2.75, 3.05) is 19.0 Å². The summed E-state index contributed by atoms with van der Waals surface area (Å²) in [4.78, 5) is 11.8. The quantitative estimate of drug-likeness (QED) is 0.717. The molecule has 1 unspecified atom stereocenters. The van der Waals surface area contributed by atoms with E-state index in [0.717, 1.165) is 0 Å². The Morgan fingerprint density at radius 2 is 1.96 bits per heavy atom. The van der Waals surface area contributed by atoms with Gasteiger partial charge in [-0.15, -0.1) is 6.58 Å². The second-order valence-corrected chi connectivity index (χ2v) is 5.30. The minimum atomic E-state index is -0.547.